The summed E-state index contributed by atoms with van der Waals surface area (Å²) in [6, 6.07) is 16.2. The normalized spacial score (nSPS) is 10.8. The number of pyridine rings is 2. The van der Waals surface area contributed by atoms with Crippen LogP contribution in [0.2, 0.25) is 0 Å². The summed E-state index contributed by atoms with van der Waals surface area (Å²) in [6.07, 6.45) is 5.77. The van der Waals surface area contributed by atoms with E-state index in [1.165, 1.54) is 5.56 Å². The smallest absolute Gasteiger partial charge is 0.228 e. The molecule has 0 saturated carbocycles. The third kappa shape index (κ3) is 5.78. The van der Waals surface area contributed by atoms with Gasteiger partial charge in [-0.2, -0.15) is 0 Å². The van der Waals surface area contributed by atoms with Crippen molar-refractivity contribution >= 4 is 24.0 Å². The van der Waals surface area contributed by atoms with Gasteiger partial charge in [-0.05, 0) is 43.2 Å². The molecule has 172 valence electrons. The van der Waals surface area contributed by atoms with E-state index in [9.17, 15) is 4.79 Å². The zero-order chi connectivity index (χ0) is 22.5. The molecule has 3 heterocycles. The lowest BCUT2D eigenvalue weighted by atomic mass is 10.1. The van der Waals surface area contributed by atoms with Crippen LogP contribution in [0.1, 0.15) is 22.4 Å². The fourth-order valence-electron chi connectivity index (χ4n) is 3.77. The number of amides is 1. The van der Waals surface area contributed by atoms with Gasteiger partial charge in [-0.3, -0.25) is 9.78 Å². The van der Waals surface area contributed by atoms with E-state index in [1.807, 2.05) is 46.7 Å². The molecule has 0 saturated heterocycles. The minimum absolute atomic E-state index is 0. The first kappa shape index (κ1) is 24.4. The summed E-state index contributed by atoms with van der Waals surface area (Å²) < 4.78 is 7.28. The van der Waals surface area contributed by atoms with E-state index in [-0.39, 0.29) is 24.7 Å². The molecule has 0 radical (unpaired) electrons. The van der Waals surface area contributed by atoms with Crippen molar-refractivity contribution in [2.24, 2.45) is 0 Å². The van der Waals surface area contributed by atoms with Crippen molar-refractivity contribution in [2.75, 3.05) is 20.3 Å². The zero-order valence-electron chi connectivity index (χ0n) is 19.2. The number of halogens is 1. The summed E-state index contributed by atoms with van der Waals surface area (Å²) in [4.78, 5) is 24.4. The Bertz CT molecular complexity index is 1210. The van der Waals surface area contributed by atoms with Crippen LogP contribution in [0.25, 0.3) is 16.9 Å². The van der Waals surface area contributed by atoms with E-state index in [2.05, 4.69) is 36.2 Å². The van der Waals surface area contributed by atoms with Gasteiger partial charge in [-0.15, -0.1) is 12.4 Å². The highest BCUT2D eigenvalue weighted by Gasteiger charge is 2.21. The molecule has 0 fully saturated rings. The summed E-state index contributed by atoms with van der Waals surface area (Å²) in [5, 5.41) is 0. The van der Waals surface area contributed by atoms with Crippen molar-refractivity contribution in [1.29, 1.82) is 0 Å². The molecule has 0 aliphatic heterocycles. The number of benzene rings is 1. The van der Waals surface area contributed by atoms with E-state index >= 15 is 0 Å². The zero-order valence-corrected chi connectivity index (χ0v) is 20.0. The van der Waals surface area contributed by atoms with E-state index in [1.54, 1.807) is 19.5 Å². The van der Waals surface area contributed by atoms with Crippen molar-refractivity contribution in [3.05, 3.63) is 89.5 Å². The first-order valence-corrected chi connectivity index (χ1v) is 10.8. The molecule has 0 unspecified atom stereocenters. The highest BCUT2D eigenvalue weighted by molar-refractivity contribution is 5.85. The van der Waals surface area contributed by atoms with Crippen LogP contribution >= 0.6 is 12.4 Å². The number of fused-ring (bicyclic) bond motifs is 1. The summed E-state index contributed by atoms with van der Waals surface area (Å²) in [5.41, 5.74) is 6.90. The number of carbonyl (C=O) groups excluding carboxylic acids is 1. The number of aromatic nitrogens is 3. The second kappa shape index (κ2) is 11.1. The molecule has 4 rings (SSSR count). The van der Waals surface area contributed by atoms with Crippen LogP contribution in [0.15, 0.2) is 67.1 Å². The van der Waals surface area contributed by atoms with Crippen LogP contribution in [0.5, 0.6) is 0 Å². The maximum absolute atomic E-state index is 13.5. The molecule has 6 nitrogen and oxygen atoms in total. The number of hydrogen-bond donors (Lipinski definition) is 0. The van der Waals surface area contributed by atoms with Crippen LogP contribution in [-0.4, -0.2) is 45.4 Å². The quantitative estimate of drug-likeness (QED) is 0.380. The minimum atomic E-state index is 0. The molecule has 1 amide bonds. The van der Waals surface area contributed by atoms with Gasteiger partial charge >= 0.3 is 0 Å². The van der Waals surface area contributed by atoms with Gasteiger partial charge in [0.15, 0.2) is 0 Å². The molecular formula is C26H29ClN4O2. The van der Waals surface area contributed by atoms with Crippen molar-refractivity contribution < 1.29 is 9.53 Å². The Morgan fingerprint density at radius 3 is 2.58 bits per heavy atom. The largest absolute Gasteiger partial charge is 0.383 e. The lowest BCUT2D eigenvalue weighted by molar-refractivity contribution is -0.131. The van der Waals surface area contributed by atoms with Crippen LogP contribution in [-0.2, 0) is 22.5 Å². The third-order valence-corrected chi connectivity index (χ3v) is 5.54. The topological polar surface area (TPSA) is 59.7 Å². The molecule has 7 heteroatoms. The summed E-state index contributed by atoms with van der Waals surface area (Å²) >= 11 is 0. The van der Waals surface area contributed by atoms with Crippen LogP contribution in [0, 0.1) is 13.8 Å². The van der Waals surface area contributed by atoms with E-state index < -0.39 is 0 Å². The van der Waals surface area contributed by atoms with Gasteiger partial charge in [0.05, 0.1) is 24.4 Å². The third-order valence-electron chi connectivity index (χ3n) is 5.54. The average Bonchev–Trinajstić information content (AvgIpc) is 3.15. The molecule has 0 aliphatic carbocycles. The fourth-order valence-corrected chi connectivity index (χ4v) is 3.77. The fraction of sp³-hybridized carbons (Fsp3) is 0.269. The van der Waals surface area contributed by atoms with Gasteiger partial charge in [0, 0.05) is 44.4 Å². The highest BCUT2D eigenvalue weighted by Crippen LogP contribution is 2.26. The van der Waals surface area contributed by atoms with E-state index in [0.717, 1.165) is 33.7 Å². The number of rotatable bonds is 8. The second-order valence-corrected chi connectivity index (χ2v) is 8.05. The number of hydrogen-bond acceptors (Lipinski definition) is 4. The summed E-state index contributed by atoms with van der Waals surface area (Å²) in [6.45, 7) is 5.59. The number of imidazole rings is 1. The van der Waals surface area contributed by atoms with Crippen LogP contribution < -0.4 is 0 Å². The molecule has 0 aliphatic rings. The molecule has 0 spiro atoms. The average molecular weight is 465 g/mol. The Kier molecular flexibility index (Phi) is 8.20. The molecule has 33 heavy (non-hydrogen) atoms. The lowest BCUT2D eigenvalue weighted by Gasteiger charge is -2.22. The van der Waals surface area contributed by atoms with Gasteiger partial charge in [0.2, 0.25) is 5.91 Å². The Balaban J connectivity index is 0.00000306. The number of aryl methyl sites for hydroxylation is 2. The number of nitrogens with zero attached hydrogens (tertiary/aromatic N) is 4. The van der Waals surface area contributed by atoms with Crippen LogP contribution in [0.4, 0.5) is 0 Å². The molecule has 0 N–H and O–H groups in total. The molecule has 0 bridgehead atoms. The Morgan fingerprint density at radius 2 is 1.88 bits per heavy atom. The number of ether oxygens (including phenoxy) is 1. The highest BCUT2D eigenvalue weighted by atomic mass is 35.5. The van der Waals surface area contributed by atoms with Crippen molar-refractivity contribution in [1.82, 2.24) is 19.3 Å². The Hall–Kier alpha value is -3.22. The Morgan fingerprint density at radius 1 is 1.09 bits per heavy atom. The van der Waals surface area contributed by atoms with Crippen LogP contribution in [0.3, 0.4) is 0 Å². The van der Waals surface area contributed by atoms with Gasteiger partial charge in [-0.1, -0.05) is 35.9 Å². The maximum atomic E-state index is 13.5. The predicted molar refractivity (Wildman–Crippen MR) is 133 cm³/mol. The molecule has 4 aromatic rings. The number of methoxy groups -OCH3 is 1. The van der Waals surface area contributed by atoms with Crippen molar-refractivity contribution in [3.8, 4) is 11.3 Å². The number of carbonyl (C=O) groups is 1. The standard InChI is InChI=1S/C26H28N4O2.ClH/c1-19-6-8-22(9-7-19)26-23(30-12-10-20(2)15-24(30)28-26)16-25(31)29(13-14-32-3)18-21-5-4-11-27-17-21;/h4-12,15,17H,13-14,16,18H2,1-3H3;1H. The summed E-state index contributed by atoms with van der Waals surface area (Å²) in [7, 11) is 1.65. The van der Waals surface area contributed by atoms with Gasteiger partial charge < -0.3 is 14.0 Å². The van der Waals surface area contributed by atoms with Gasteiger partial charge in [0.25, 0.3) is 0 Å². The van der Waals surface area contributed by atoms with Gasteiger partial charge in [-0.25, -0.2) is 4.98 Å². The maximum Gasteiger partial charge on any atom is 0.228 e. The van der Waals surface area contributed by atoms with Crippen molar-refractivity contribution in [2.45, 2.75) is 26.8 Å². The first-order valence-electron chi connectivity index (χ1n) is 10.8. The molecule has 0 atom stereocenters. The monoisotopic (exact) mass is 464 g/mol. The SMILES string of the molecule is COCCN(Cc1cccnc1)C(=O)Cc1c(-c2ccc(C)cc2)nc2cc(C)ccn12.Cl. The molecule has 1 aromatic carbocycles. The summed E-state index contributed by atoms with van der Waals surface area (Å²) in [5.74, 6) is 0.0293. The van der Waals surface area contributed by atoms with E-state index in [0.29, 0.717) is 19.7 Å². The first-order chi connectivity index (χ1) is 15.5. The van der Waals surface area contributed by atoms with Crippen molar-refractivity contribution in [3.63, 3.8) is 0 Å². The molecular weight excluding hydrogens is 436 g/mol. The lowest BCUT2D eigenvalue weighted by Crippen LogP contribution is -2.35. The second-order valence-electron chi connectivity index (χ2n) is 8.05. The van der Waals surface area contributed by atoms with Gasteiger partial charge in [0.1, 0.15) is 5.65 Å². The Labute approximate surface area is 200 Å². The van der Waals surface area contributed by atoms with E-state index in [4.69, 9.17) is 9.72 Å². The predicted octanol–water partition coefficient (Wildman–Crippen LogP) is 4.65. The minimum Gasteiger partial charge on any atom is -0.383 e. The molecule has 3 aromatic heterocycles.